The molecule has 212 valence electrons. The molecule has 0 aliphatic heterocycles. The van der Waals surface area contributed by atoms with Crippen LogP contribution in [0.4, 0.5) is 0 Å². The summed E-state index contributed by atoms with van der Waals surface area (Å²) in [4.78, 5) is 16.6. The summed E-state index contributed by atoms with van der Waals surface area (Å²) < 4.78 is 24.5. The highest BCUT2D eigenvalue weighted by Crippen LogP contribution is 2.30. The van der Waals surface area contributed by atoms with Gasteiger partial charge in [-0.3, -0.25) is 0 Å². The largest absolute Gasteiger partial charge is 0.478 e. The summed E-state index contributed by atoms with van der Waals surface area (Å²) in [7, 11) is 6.37. The van der Waals surface area contributed by atoms with Crippen molar-refractivity contribution in [3.63, 3.8) is 0 Å². The second kappa shape index (κ2) is 11.8. The minimum atomic E-state index is -0.957. The number of imidazole rings is 1. The van der Waals surface area contributed by atoms with Gasteiger partial charge in [0.15, 0.2) is 11.6 Å². The Morgan fingerprint density at radius 2 is 1.40 bits per heavy atom. The number of aryl methyl sites for hydroxylation is 1. The van der Waals surface area contributed by atoms with Crippen LogP contribution in [0.25, 0.3) is 22.2 Å². The number of methoxy groups -OCH3 is 4. The second-order valence-electron chi connectivity index (χ2n) is 10.0. The van der Waals surface area contributed by atoms with E-state index < -0.39 is 17.5 Å². The lowest BCUT2D eigenvalue weighted by atomic mass is 9.98. The fraction of sp³-hybridized carbons (Fsp3) is 0.400. The van der Waals surface area contributed by atoms with Crippen molar-refractivity contribution in [2.45, 2.75) is 51.7 Å². The Kier molecular flexibility index (Phi) is 8.65. The molecular weight excluding hydrogens is 512 g/mol. The van der Waals surface area contributed by atoms with E-state index in [1.807, 2.05) is 57.2 Å². The van der Waals surface area contributed by atoms with Gasteiger partial charge < -0.3 is 28.6 Å². The van der Waals surface area contributed by atoms with Crippen molar-refractivity contribution < 1.29 is 28.8 Å². The molecular formula is C30H36N4O6. The lowest BCUT2D eigenvalue weighted by Gasteiger charge is -2.27. The van der Waals surface area contributed by atoms with Crippen molar-refractivity contribution in [1.29, 1.82) is 0 Å². The maximum atomic E-state index is 11.7. The number of carbonyl (C=O) groups is 1. The van der Waals surface area contributed by atoms with E-state index >= 15 is 0 Å². The van der Waals surface area contributed by atoms with E-state index in [-0.39, 0.29) is 5.56 Å². The number of aromatic carboxylic acids is 1. The number of nitrogens with zero attached hydrogens (tertiary/aromatic N) is 4. The molecule has 0 unspecified atom stereocenters. The van der Waals surface area contributed by atoms with Gasteiger partial charge >= 0.3 is 5.97 Å². The Morgan fingerprint density at radius 3 is 1.98 bits per heavy atom. The molecule has 40 heavy (non-hydrogen) atoms. The second-order valence-corrected chi connectivity index (χ2v) is 10.0. The highest BCUT2D eigenvalue weighted by Gasteiger charge is 2.31. The number of rotatable bonds is 12. The summed E-state index contributed by atoms with van der Waals surface area (Å²) in [6.07, 6.45) is 0.704. The Morgan fingerprint density at radius 1 is 0.850 bits per heavy atom. The Labute approximate surface area is 233 Å². The minimum absolute atomic E-state index is 0.265. The zero-order chi connectivity index (χ0) is 29.1. The maximum Gasteiger partial charge on any atom is 0.336 e. The number of carboxylic acid groups (broad SMARTS) is 1. The quantitative estimate of drug-likeness (QED) is 0.252. The first-order chi connectivity index (χ1) is 19.1. The molecule has 0 spiro atoms. The van der Waals surface area contributed by atoms with Gasteiger partial charge in [0.05, 0.1) is 22.5 Å². The molecule has 0 fully saturated rings. The molecule has 0 amide bonds. The third-order valence-electron chi connectivity index (χ3n) is 7.46. The van der Waals surface area contributed by atoms with Gasteiger partial charge in [-0.15, -0.1) is 0 Å². The molecule has 4 rings (SSSR count). The number of carboxylic acids is 1. The standard InChI is InChI=1S/C30H36N4O6/c1-19-31-26-24(16-29(2,37-4)38-5)32-33-25(17-30(3,39-6)40-7)27(26)34(19)18-20-12-14-21(15-13-20)22-10-8-9-11-23(22)28(35)36/h8-15H,16-18H2,1-7H3,(H,35,36). The predicted molar refractivity (Wildman–Crippen MR) is 150 cm³/mol. The number of ether oxygens (including phenoxy) is 4. The third-order valence-corrected chi connectivity index (χ3v) is 7.46. The number of aromatic nitrogens is 4. The van der Waals surface area contributed by atoms with Crippen LogP contribution in [0.1, 0.15) is 47.0 Å². The number of fused-ring (bicyclic) bond motifs is 1. The zero-order valence-corrected chi connectivity index (χ0v) is 24.0. The van der Waals surface area contributed by atoms with Crippen molar-refractivity contribution in [3.05, 3.63) is 76.9 Å². The molecule has 0 bridgehead atoms. The van der Waals surface area contributed by atoms with Gasteiger partial charge in [-0.2, -0.15) is 10.2 Å². The molecule has 1 N–H and O–H groups in total. The van der Waals surface area contributed by atoms with Crippen LogP contribution >= 0.6 is 0 Å². The molecule has 0 atom stereocenters. The minimum Gasteiger partial charge on any atom is -0.478 e. The Bertz CT molecular complexity index is 1490. The summed E-state index contributed by atoms with van der Waals surface area (Å²) >= 11 is 0. The molecule has 0 saturated carbocycles. The molecule has 0 radical (unpaired) electrons. The summed E-state index contributed by atoms with van der Waals surface area (Å²) in [6.45, 7) is 6.16. The fourth-order valence-corrected chi connectivity index (χ4v) is 4.66. The van der Waals surface area contributed by atoms with Crippen molar-refractivity contribution in [3.8, 4) is 11.1 Å². The van der Waals surface area contributed by atoms with Crippen molar-refractivity contribution in [2.75, 3.05) is 28.4 Å². The van der Waals surface area contributed by atoms with Crippen molar-refractivity contribution in [2.24, 2.45) is 0 Å². The smallest absolute Gasteiger partial charge is 0.336 e. The lowest BCUT2D eigenvalue weighted by molar-refractivity contribution is -0.193. The average molecular weight is 549 g/mol. The van der Waals surface area contributed by atoms with Crippen LogP contribution in [0.2, 0.25) is 0 Å². The van der Waals surface area contributed by atoms with E-state index in [0.29, 0.717) is 41.9 Å². The van der Waals surface area contributed by atoms with E-state index in [4.69, 9.17) is 23.9 Å². The molecule has 2 aromatic heterocycles. The van der Waals surface area contributed by atoms with Crippen molar-refractivity contribution in [1.82, 2.24) is 19.7 Å². The lowest BCUT2D eigenvalue weighted by Crippen LogP contribution is -2.34. The van der Waals surface area contributed by atoms with Crippen LogP contribution in [-0.2, 0) is 38.3 Å². The first-order valence-corrected chi connectivity index (χ1v) is 12.9. The molecule has 10 nitrogen and oxygen atoms in total. The van der Waals surface area contributed by atoms with Crippen LogP contribution in [0, 0.1) is 6.92 Å². The first kappa shape index (κ1) is 29.3. The topological polar surface area (TPSA) is 118 Å². The normalized spacial score (nSPS) is 12.3. The highest BCUT2D eigenvalue weighted by molar-refractivity contribution is 5.96. The van der Waals surface area contributed by atoms with E-state index in [0.717, 1.165) is 22.5 Å². The van der Waals surface area contributed by atoms with Crippen molar-refractivity contribution >= 4 is 17.0 Å². The van der Waals surface area contributed by atoms with Crippen LogP contribution in [0.15, 0.2) is 48.5 Å². The summed E-state index contributed by atoms with van der Waals surface area (Å²) in [5.74, 6) is -1.96. The molecule has 2 heterocycles. The van der Waals surface area contributed by atoms with Gasteiger partial charge in [-0.1, -0.05) is 42.5 Å². The van der Waals surface area contributed by atoms with Gasteiger partial charge in [-0.25, -0.2) is 9.78 Å². The molecule has 10 heteroatoms. The Hall–Kier alpha value is -3.70. The van der Waals surface area contributed by atoms with Gasteiger partial charge in [-0.05, 0) is 43.5 Å². The molecule has 4 aromatic rings. The third kappa shape index (κ3) is 5.90. The van der Waals surface area contributed by atoms with Crippen LogP contribution in [0.3, 0.4) is 0 Å². The number of benzene rings is 2. The van der Waals surface area contributed by atoms with E-state index in [9.17, 15) is 9.90 Å². The Balaban J connectivity index is 1.78. The van der Waals surface area contributed by atoms with E-state index in [1.165, 1.54) is 0 Å². The SMILES string of the molecule is COC(C)(Cc1nnc(CC(C)(OC)OC)c2c1nc(C)n2Cc1ccc(-c2ccccc2C(=O)O)cc1)OC. The molecule has 0 aliphatic carbocycles. The fourth-order valence-electron chi connectivity index (χ4n) is 4.66. The van der Waals surface area contributed by atoms with Crippen LogP contribution < -0.4 is 0 Å². The van der Waals surface area contributed by atoms with Gasteiger partial charge in [0.25, 0.3) is 0 Å². The maximum absolute atomic E-state index is 11.7. The molecule has 0 aliphatic rings. The monoisotopic (exact) mass is 548 g/mol. The summed E-state index contributed by atoms with van der Waals surface area (Å²) in [5, 5.41) is 18.7. The highest BCUT2D eigenvalue weighted by atomic mass is 16.7. The number of hydrogen-bond donors (Lipinski definition) is 1. The summed E-state index contributed by atoms with van der Waals surface area (Å²) in [5.41, 5.74) is 5.67. The summed E-state index contributed by atoms with van der Waals surface area (Å²) in [6, 6.07) is 14.9. The average Bonchev–Trinajstić information content (AvgIpc) is 3.30. The van der Waals surface area contributed by atoms with Gasteiger partial charge in [0.1, 0.15) is 11.3 Å². The predicted octanol–water partition coefficient (Wildman–Crippen LogP) is 4.65. The molecule has 0 saturated heterocycles. The van der Waals surface area contributed by atoms with Crippen LogP contribution in [-0.4, -0.2) is 70.8 Å². The first-order valence-electron chi connectivity index (χ1n) is 12.9. The molecule has 2 aromatic carbocycles. The van der Waals surface area contributed by atoms with E-state index in [2.05, 4.69) is 14.8 Å². The zero-order valence-electron chi connectivity index (χ0n) is 24.0. The van der Waals surface area contributed by atoms with Crippen LogP contribution in [0.5, 0.6) is 0 Å². The van der Waals surface area contributed by atoms with E-state index in [1.54, 1.807) is 40.6 Å². The number of hydrogen-bond acceptors (Lipinski definition) is 8. The van der Waals surface area contributed by atoms with Gasteiger partial charge in [0, 0.05) is 47.8 Å². The van der Waals surface area contributed by atoms with Gasteiger partial charge in [0.2, 0.25) is 0 Å².